The third-order valence-corrected chi connectivity index (χ3v) is 3.31. The van der Waals surface area contributed by atoms with Gasteiger partial charge in [-0.2, -0.15) is 0 Å². The molecule has 11 nitrogen and oxygen atoms in total. The Bertz CT molecular complexity index is 856. The number of ether oxygens (including phenoxy) is 4. The molecule has 0 heterocycles. The molecule has 0 unspecified atom stereocenters. The lowest BCUT2D eigenvalue weighted by molar-refractivity contribution is -0.384. The Balaban J connectivity index is 0.000000661. The molecule has 0 bridgehead atoms. The van der Waals surface area contributed by atoms with E-state index < -0.39 is 40.1 Å². The number of amides is 1. The monoisotopic (exact) mass is 504 g/mol. The molecule has 0 fully saturated rings. The molecule has 34 heavy (non-hydrogen) atoms. The molecule has 0 aliphatic heterocycles. The highest BCUT2D eigenvalue weighted by Crippen LogP contribution is 2.25. The Labute approximate surface area is 204 Å². The van der Waals surface area contributed by atoms with E-state index in [-0.39, 0.29) is 17.3 Å². The van der Waals surface area contributed by atoms with Crippen LogP contribution in [0, 0.1) is 10.1 Å². The molecular formula is C22H33ClN2O9. The number of hydrogen-bond donors (Lipinski definition) is 1. The Hall–Kier alpha value is -3.08. The molecule has 0 aliphatic rings. The fraction of sp³-hybridized carbons (Fsp3) is 0.591. The Morgan fingerprint density at radius 3 is 1.71 bits per heavy atom. The van der Waals surface area contributed by atoms with Gasteiger partial charge in [0, 0.05) is 12.6 Å². The third kappa shape index (κ3) is 15.7. The van der Waals surface area contributed by atoms with Crippen LogP contribution >= 0.6 is 11.6 Å². The number of carbonyl (C=O) groups excluding carboxylic acids is 3. The first-order chi connectivity index (χ1) is 15.2. The van der Waals surface area contributed by atoms with E-state index in [1.54, 1.807) is 68.4 Å². The van der Waals surface area contributed by atoms with Gasteiger partial charge in [-0.05, 0) is 73.9 Å². The fourth-order valence-corrected chi connectivity index (χ4v) is 2.09. The van der Waals surface area contributed by atoms with Gasteiger partial charge in [0.1, 0.15) is 21.8 Å². The summed E-state index contributed by atoms with van der Waals surface area (Å²) in [4.78, 5) is 43.6. The van der Waals surface area contributed by atoms with E-state index in [2.05, 4.69) is 10.1 Å². The topological polar surface area (TPSA) is 143 Å². The second-order valence-electron chi connectivity index (χ2n) is 9.93. The minimum atomic E-state index is -1.06. The number of nitro benzene ring substituents is 1. The summed E-state index contributed by atoms with van der Waals surface area (Å²) in [5, 5.41) is 13.3. The number of carbonyl (C=O) groups is 3. The molecule has 1 aromatic carbocycles. The molecule has 0 saturated heterocycles. The van der Waals surface area contributed by atoms with Crippen molar-refractivity contribution in [3.8, 4) is 0 Å². The summed E-state index contributed by atoms with van der Waals surface area (Å²) in [6, 6.07) is 4.35. The summed E-state index contributed by atoms with van der Waals surface area (Å²) >= 11 is 5.69. The molecule has 0 aliphatic carbocycles. The molecule has 0 radical (unpaired) electrons. The van der Waals surface area contributed by atoms with Crippen LogP contribution in [0.1, 0.15) is 67.9 Å². The van der Waals surface area contributed by atoms with Gasteiger partial charge in [0.15, 0.2) is 0 Å². The number of halogens is 1. The number of hydrogen-bond acceptors (Lipinski definition) is 9. The van der Waals surface area contributed by atoms with Gasteiger partial charge in [-0.15, -0.1) is 0 Å². The normalized spacial score (nSPS) is 11.4. The van der Waals surface area contributed by atoms with Crippen molar-refractivity contribution in [1.29, 1.82) is 0 Å². The lowest BCUT2D eigenvalue weighted by atomic mass is 10.2. The number of benzene rings is 1. The van der Waals surface area contributed by atoms with E-state index >= 15 is 0 Å². The van der Waals surface area contributed by atoms with Crippen molar-refractivity contribution in [1.82, 2.24) is 5.32 Å². The van der Waals surface area contributed by atoms with E-state index in [4.69, 9.17) is 25.8 Å². The van der Waals surface area contributed by atoms with Crippen molar-refractivity contribution in [2.75, 3.05) is 0 Å². The van der Waals surface area contributed by atoms with Gasteiger partial charge in [-0.3, -0.25) is 10.1 Å². The number of alkyl carbamates (subject to hydrolysis) is 1. The van der Waals surface area contributed by atoms with Crippen molar-refractivity contribution >= 4 is 35.7 Å². The van der Waals surface area contributed by atoms with Crippen LogP contribution in [-0.4, -0.2) is 40.1 Å². The summed E-state index contributed by atoms with van der Waals surface area (Å²) in [6.07, 6.45) is -2.70. The molecule has 0 spiro atoms. The first-order valence-electron chi connectivity index (χ1n) is 10.2. The maximum absolute atomic E-state index is 11.4. The zero-order valence-corrected chi connectivity index (χ0v) is 21.7. The van der Waals surface area contributed by atoms with Crippen LogP contribution in [0.25, 0.3) is 0 Å². The van der Waals surface area contributed by atoms with Crippen molar-refractivity contribution in [2.45, 2.75) is 85.7 Å². The minimum absolute atomic E-state index is 0.0611. The standard InChI is InChI=1S/C12H15ClN2O4.C10H18O5/c1-12(2,3)19-11(16)14-7-8-4-5-9(13)10(6-8)15(17)18;1-9(2,3)14-7(11)13-8(12)15-10(4,5)6/h4-6H,7H2,1-3H3,(H,14,16);1-6H3. The first kappa shape index (κ1) is 30.9. The molecule has 12 heteroatoms. The zero-order chi connectivity index (χ0) is 26.9. The van der Waals surface area contributed by atoms with Gasteiger partial charge >= 0.3 is 18.4 Å². The quantitative estimate of drug-likeness (QED) is 0.168. The summed E-state index contributed by atoms with van der Waals surface area (Å²) in [5.74, 6) is 0. The zero-order valence-electron chi connectivity index (χ0n) is 20.9. The number of rotatable bonds is 3. The van der Waals surface area contributed by atoms with Crippen molar-refractivity contribution in [3.05, 3.63) is 38.9 Å². The molecule has 0 saturated carbocycles. The molecule has 1 amide bonds. The molecule has 192 valence electrons. The maximum atomic E-state index is 11.4. The van der Waals surface area contributed by atoms with E-state index in [0.29, 0.717) is 5.56 Å². The SMILES string of the molecule is CC(C)(C)OC(=O)NCc1ccc(Cl)c([N+](=O)[O-])c1.CC(C)(C)OC(=O)OC(=O)OC(C)(C)C. The van der Waals surface area contributed by atoms with Gasteiger partial charge in [0.05, 0.1) is 4.92 Å². The van der Waals surface area contributed by atoms with E-state index in [9.17, 15) is 24.5 Å². The van der Waals surface area contributed by atoms with Crippen molar-refractivity contribution < 1.29 is 38.3 Å². The summed E-state index contributed by atoms with van der Waals surface area (Å²) in [5.41, 5.74) is -1.60. The van der Waals surface area contributed by atoms with Gasteiger partial charge in [-0.1, -0.05) is 17.7 Å². The maximum Gasteiger partial charge on any atom is 0.519 e. The second kappa shape index (κ2) is 12.4. The Morgan fingerprint density at radius 1 is 0.882 bits per heavy atom. The predicted molar refractivity (Wildman–Crippen MR) is 125 cm³/mol. The van der Waals surface area contributed by atoms with Gasteiger partial charge < -0.3 is 24.3 Å². The largest absolute Gasteiger partial charge is 0.519 e. The molecule has 1 rings (SSSR count). The lowest BCUT2D eigenvalue weighted by Gasteiger charge is -2.20. The van der Waals surface area contributed by atoms with Crippen LogP contribution in [0.4, 0.5) is 20.1 Å². The molecule has 1 aromatic rings. The van der Waals surface area contributed by atoms with E-state index in [1.807, 2.05) is 0 Å². The summed E-state index contributed by atoms with van der Waals surface area (Å²) in [6.45, 7) is 15.4. The van der Waals surface area contributed by atoms with Crippen LogP contribution in [0.5, 0.6) is 0 Å². The molecule has 0 aromatic heterocycles. The highest BCUT2D eigenvalue weighted by atomic mass is 35.5. The van der Waals surface area contributed by atoms with Crippen molar-refractivity contribution in [3.63, 3.8) is 0 Å². The minimum Gasteiger partial charge on any atom is -0.444 e. The van der Waals surface area contributed by atoms with Gasteiger partial charge in [0.25, 0.3) is 5.69 Å². The average molecular weight is 505 g/mol. The van der Waals surface area contributed by atoms with Crippen LogP contribution < -0.4 is 5.32 Å². The fourth-order valence-electron chi connectivity index (χ4n) is 1.91. The first-order valence-corrected chi connectivity index (χ1v) is 10.6. The summed E-state index contributed by atoms with van der Waals surface area (Å²) < 4.78 is 18.9. The average Bonchev–Trinajstić information content (AvgIpc) is 2.56. The molecular weight excluding hydrogens is 472 g/mol. The number of nitro groups is 1. The highest BCUT2D eigenvalue weighted by Gasteiger charge is 2.24. The van der Waals surface area contributed by atoms with Crippen LogP contribution in [0.15, 0.2) is 18.2 Å². The Morgan fingerprint density at radius 2 is 1.32 bits per heavy atom. The molecule has 1 N–H and O–H groups in total. The van der Waals surface area contributed by atoms with Gasteiger partial charge in [-0.25, -0.2) is 14.4 Å². The van der Waals surface area contributed by atoms with Crippen LogP contribution in [-0.2, 0) is 25.5 Å². The third-order valence-electron chi connectivity index (χ3n) is 2.99. The Kier molecular flexibility index (Phi) is 11.3. The summed E-state index contributed by atoms with van der Waals surface area (Å²) in [7, 11) is 0. The molecule has 0 atom stereocenters. The van der Waals surface area contributed by atoms with E-state index in [1.165, 1.54) is 12.1 Å². The van der Waals surface area contributed by atoms with E-state index in [0.717, 1.165) is 0 Å². The second-order valence-corrected chi connectivity index (χ2v) is 10.3. The van der Waals surface area contributed by atoms with Crippen LogP contribution in [0.2, 0.25) is 5.02 Å². The van der Waals surface area contributed by atoms with Crippen LogP contribution in [0.3, 0.4) is 0 Å². The smallest absolute Gasteiger partial charge is 0.444 e. The predicted octanol–water partition coefficient (Wildman–Crippen LogP) is 6.15. The number of nitrogens with zero attached hydrogens (tertiary/aromatic N) is 1. The number of nitrogens with one attached hydrogen (secondary N) is 1. The highest BCUT2D eigenvalue weighted by molar-refractivity contribution is 6.32. The van der Waals surface area contributed by atoms with Crippen molar-refractivity contribution in [2.24, 2.45) is 0 Å². The lowest BCUT2D eigenvalue weighted by Crippen LogP contribution is -2.32. The van der Waals surface area contributed by atoms with Gasteiger partial charge in [0.2, 0.25) is 0 Å².